The maximum Gasteiger partial charge on any atom is 0.416 e. The van der Waals surface area contributed by atoms with Gasteiger partial charge in [-0.1, -0.05) is 18.2 Å². The molecule has 3 aromatic rings. The van der Waals surface area contributed by atoms with Gasteiger partial charge >= 0.3 is 12.1 Å². The van der Waals surface area contributed by atoms with Gasteiger partial charge in [-0.15, -0.1) is 0 Å². The van der Waals surface area contributed by atoms with E-state index in [0.717, 1.165) is 18.2 Å². The van der Waals surface area contributed by atoms with Crippen LogP contribution in [0.1, 0.15) is 29.7 Å². The molecular weight excluding hydrogens is 456 g/mol. The lowest BCUT2D eigenvalue weighted by Crippen LogP contribution is -2.18. The largest absolute Gasteiger partial charge is 0.482 e. The van der Waals surface area contributed by atoms with E-state index in [4.69, 9.17) is 14.6 Å². The van der Waals surface area contributed by atoms with Crippen molar-refractivity contribution in [2.45, 2.75) is 26.1 Å². The minimum Gasteiger partial charge on any atom is -0.482 e. The predicted octanol–water partition coefficient (Wildman–Crippen LogP) is 5.99. The van der Waals surface area contributed by atoms with Crippen molar-refractivity contribution in [2.75, 3.05) is 6.61 Å². The highest BCUT2D eigenvalue weighted by Gasteiger charge is 2.30. The first-order chi connectivity index (χ1) is 16.0. The van der Waals surface area contributed by atoms with Crippen molar-refractivity contribution in [3.8, 4) is 22.6 Å². The van der Waals surface area contributed by atoms with Crippen LogP contribution in [0.5, 0.6) is 11.5 Å². The van der Waals surface area contributed by atoms with Gasteiger partial charge in [0, 0.05) is 5.56 Å². The second kappa shape index (κ2) is 9.94. The van der Waals surface area contributed by atoms with Crippen LogP contribution in [0.25, 0.3) is 11.1 Å². The number of benzene rings is 3. The van der Waals surface area contributed by atoms with Crippen LogP contribution in [0.15, 0.2) is 60.7 Å². The predicted molar refractivity (Wildman–Crippen MR) is 115 cm³/mol. The molecule has 3 aromatic carbocycles. The summed E-state index contributed by atoms with van der Waals surface area (Å²) in [5.41, 5.74) is 0.476. The van der Waals surface area contributed by atoms with Gasteiger partial charge in [-0.2, -0.15) is 13.2 Å². The number of hydrogen-bond donors (Lipinski definition) is 1. The zero-order valence-electron chi connectivity index (χ0n) is 18.2. The van der Waals surface area contributed by atoms with Gasteiger partial charge < -0.3 is 14.6 Å². The topological polar surface area (TPSA) is 72.8 Å². The average Bonchev–Trinajstić information content (AvgIpc) is 2.76. The van der Waals surface area contributed by atoms with Gasteiger partial charge in [0.2, 0.25) is 0 Å². The van der Waals surface area contributed by atoms with Gasteiger partial charge in [-0.25, -0.2) is 9.18 Å². The molecule has 0 amide bonds. The maximum atomic E-state index is 14.7. The molecule has 3 rings (SSSR count). The fourth-order valence-corrected chi connectivity index (χ4v) is 3.27. The Morgan fingerprint density at radius 3 is 2.18 bits per heavy atom. The molecule has 0 aliphatic carbocycles. The Hall–Kier alpha value is -3.88. The molecule has 9 heteroatoms. The van der Waals surface area contributed by atoms with Gasteiger partial charge in [0.15, 0.2) is 18.5 Å². The van der Waals surface area contributed by atoms with Crippen LogP contribution in [0.2, 0.25) is 0 Å². The molecule has 0 bridgehead atoms. The Labute approximate surface area is 192 Å². The zero-order valence-corrected chi connectivity index (χ0v) is 18.2. The van der Waals surface area contributed by atoms with Crippen molar-refractivity contribution in [1.29, 1.82) is 0 Å². The van der Waals surface area contributed by atoms with E-state index in [9.17, 15) is 27.2 Å². The lowest BCUT2D eigenvalue weighted by atomic mass is 9.97. The number of carbonyl (C=O) groups excluding carboxylic acids is 1. The number of carboxylic acid groups (broad SMARTS) is 1. The molecule has 34 heavy (non-hydrogen) atoms. The molecule has 0 spiro atoms. The monoisotopic (exact) mass is 476 g/mol. The lowest BCUT2D eigenvalue weighted by Gasteiger charge is -2.19. The van der Waals surface area contributed by atoms with Gasteiger partial charge in [-0.05, 0) is 73.0 Å². The summed E-state index contributed by atoms with van der Waals surface area (Å²) in [4.78, 5) is 23.0. The summed E-state index contributed by atoms with van der Waals surface area (Å²) in [5.74, 6) is -1.81. The van der Waals surface area contributed by atoms with Crippen LogP contribution in [-0.2, 0) is 15.8 Å². The van der Waals surface area contributed by atoms with Crippen LogP contribution in [0.4, 0.5) is 17.6 Å². The molecule has 1 atom stereocenters. The number of ketones is 1. The molecule has 1 N–H and O–H groups in total. The van der Waals surface area contributed by atoms with E-state index in [1.54, 1.807) is 6.92 Å². The first-order valence-electron chi connectivity index (χ1n) is 10.0. The zero-order chi connectivity index (χ0) is 25.0. The molecule has 0 fully saturated rings. The molecule has 0 radical (unpaired) electrons. The van der Waals surface area contributed by atoms with E-state index in [0.29, 0.717) is 22.4 Å². The van der Waals surface area contributed by atoms with E-state index >= 15 is 0 Å². The number of Topliss-reactive ketones (excluding diaryl/α,β-unsaturated/α-hetero) is 1. The number of hydrogen-bond acceptors (Lipinski definition) is 4. The average molecular weight is 476 g/mol. The number of halogens is 4. The molecule has 1 unspecified atom stereocenters. The number of rotatable bonds is 8. The van der Waals surface area contributed by atoms with Crippen molar-refractivity contribution >= 4 is 11.8 Å². The second-order valence-electron chi connectivity index (χ2n) is 7.53. The lowest BCUT2D eigenvalue weighted by molar-refractivity contribution is -0.139. The summed E-state index contributed by atoms with van der Waals surface area (Å²) in [6.45, 7) is 2.35. The van der Waals surface area contributed by atoms with Crippen molar-refractivity contribution in [3.63, 3.8) is 0 Å². The highest BCUT2D eigenvalue weighted by atomic mass is 19.4. The normalized spacial score (nSPS) is 12.2. The minimum absolute atomic E-state index is 0.0752. The molecular formula is C25H20F4O5. The molecule has 178 valence electrons. The van der Waals surface area contributed by atoms with E-state index in [1.807, 2.05) is 0 Å². The van der Waals surface area contributed by atoms with Gasteiger partial charge in [-0.3, -0.25) is 4.79 Å². The van der Waals surface area contributed by atoms with E-state index < -0.39 is 42.0 Å². The summed E-state index contributed by atoms with van der Waals surface area (Å²) in [7, 11) is 0. The smallest absolute Gasteiger partial charge is 0.416 e. The third-order valence-electron chi connectivity index (χ3n) is 4.94. The standard InChI is InChI=1S/C25H20F4O5/c1-14-11-19(8-10-22(14)33-13-23(31)32)34-24(15(2)30)20-12-17(5-9-21(20)26)16-3-6-18(7-4-16)25(27,28)29/h3-12,24H,13H2,1-2H3,(H,31,32). The van der Waals surface area contributed by atoms with Crippen LogP contribution in [0, 0.1) is 12.7 Å². The van der Waals surface area contributed by atoms with E-state index in [1.165, 1.54) is 49.4 Å². The van der Waals surface area contributed by atoms with Crippen LogP contribution >= 0.6 is 0 Å². The molecule has 0 aliphatic rings. The SMILES string of the molecule is CC(=O)C(Oc1ccc(OCC(=O)O)c(C)c1)c1cc(-c2ccc(C(F)(F)F)cc2)ccc1F. The quantitative estimate of drug-likeness (QED) is 0.404. The summed E-state index contributed by atoms with van der Waals surface area (Å²) in [5, 5.41) is 8.73. The Balaban J connectivity index is 1.89. The highest BCUT2D eigenvalue weighted by molar-refractivity contribution is 5.83. The molecule has 0 aromatic heterocycles. The Bertz CT molecular complexity index is 1200. The Kier molecular flexibility index (Phi) is 7.24. The van der Waals surface area contributed by atoms with Crippen molar-refractivity contribution < 1.29 is 41.7 Å². The number of aryl methyl sites for hydroxylation is 1. The Morgan fingerprint density at radius 1 is 0.971 bits per heavy atom. The van der Waals surface area contributed by atoms with Gasteiger partial charge in [0.1, 0.15) is 17.3 Å². The second-order valence-corrected chi connectivity index (χ2v) is 7.53. The molecule has 0 aliphatic heterocycles. The van der Waals surface area contributed by atoms with Gasteiger partial charge in [0.05, 0.1) is 5.56 Å². The van der Waals surface area contributed by atoms with Crippen molar-refractivity contribution in [3.05, 3.63) is 83.2 Å². The first-order valence-corrected chi connectivity index (χ1v) is 10.0. The highest BCUT2D eigenvalue weighted by Crippen LogP contribution is 2.33. The van der Waals surface area contributed by atoms with Crippen LogP contribution in [-0.4, -0.2) is 23.5 Å². The number of aliphatic carboxylic acids is 1. The van der Waals surface area contributed by atoms with Crippen molar-refractivity contribution in [2.24, 2.45) is 0 Å². The maximum absolute atomic E-state index is 14.7. The van der Waals surface area contributed by atoms with Crippen LogP contribution in [0.3, 0.4) is 0 Å². The Morgan fingerprint density at radius 2 is 1.62 bits per heavy atom. The van der Waals surface area contributed by atoms with E-state index in [2.05, 4.69) is 0 Å². The summed E-state index contributed by atoms with van der Waals surface area (Å²) < 4.78 is 64.1. The molecule has 0 saturated carbocycles. The molecule has 0 saturated heterocycles. The third kappa shape index (κ3) is 5.92. The van der Waals surface area contributed by atoms with Crippen molar-refractivity contribution in [1.82, 2.24) is 0 Å². The fourth-order valence-electron chi connectivity index (χ4n) is 3.27. The number of carbonyl (C=O) groups is 2. The summed E-state index contributed by atoms with van der Waals surface area (Å²) in [6.07, 6.45) is -5.80. The van der Waals surface area contributed by atoms with Crippen LogP contribution < -0.4 is 9.47 Å². The third-order valence-corrected chi connectivity index (χ3v) is 4.94. The minimum atomic E-state index is -4.48. The van der Waals surface area contributed by atoms with Gasteiger partial charge in [0.25, 0.3) is 0 Å². The molecule has 0 heterocycles. The van der Waals surface area contributed by atoms with E-state index in [-0.39, 0.29) is 11.3 Å². The fraction of sp³-hybridized carbons (Fsp3) is 0.200. The number of carboxylic acids is 1. The number of ether oxygens (including phenoxy) is 2. The number of alkyl halides is 3. The first kappa shape index (κ1) is 24.8. The molecule has 5 nitrogen and oxygen atoms in total. The summed E-state index contributed by atoms with van der Waals surface area (Å²) >= 11 is 0. The summed E-state index contributed by atoms with van der Waals surface area (Å²) in [6, 6.07) is 12.7.